The minimum atomic E-state index is -3.61. The van der Waals surface area contributed by atoms with Gasteiger partial charge in [-0.25, -0.2) is 13.4 Å². The number of sulfonamides is 1. The average Bonchev–Trinajstić information content (AvgIpc) is 3.02. The predicted molar refractivity (Wildman–Crippen MR) is 120 cm³/mol. The molecular formula is C21H24N4O4S2. The number of ketones is 1. The summed E-state index contributed by atoms with van der Waals surface area (Å²) in [4.78, 5) is 35.5. The van der Waals surface area contributed by atoms with Gasteiger partial charge in [0.25, 0.3) is 5.56 Å². The third-order valence-corrected chi connectivity index (χ3v) is 8.71. The molecule has 0 unspecified atom stereocenters. The first-order chi connectivity index (χ1) is 14.7. The van der Waals surface area contributed by atoms with Crippen molar-refractivity contribution in [1.82, 2.24) is 19.2 Å². The van der Waals surface area contributed by atoms with Gasteiger partial charge in [-0.15, -0.1) is 11.3 Å². The number of aromatic amines is 1. The van der Waals surface area contributed by atoms with Crippen LogP contribution in [-0.2, 0) is 16.6 Å². The van der Waals surface area contributed by atoms with Crippen molar-refractivity contribution in [2.45, 2.75) is 32.2 Å². The molecule has 0 radical (unpaired) electrons. The maximum absolute atomic E-state index is 12.9. The summed E-state index contributed by atoms with van der Waals surface area (Å²) in [6, 6.07) is 6.04. The highest BCUT2D eigenvalue weighted by Crippen LogP contribution is 2.26. The largest absolute Gasteiger partial charge is 0.309 e. The predicted octanol–water partition coefficient (Wildman–Crippen LogP) is 2.31. The summed E-state index contributed by atoms with van der Waals surface area (Å²) in [5.74, 6) is 0.491. The molecular weight excluding hydrogens is 436 g/mol. The van der Waals surface area contributed by atoms with Crippen LogP contribution in [0.15, 0.2) is 34.0 Å². The average molecular weight is 461 g/mol. The van der Waals surface area contributed by atoms with E-state index in [2.05, 4.69) is 14.9 Å². The van der Waals surface area contributed by atoms with Gasteiger partial charge in [-0.2, -0.15) is 4.31 Å². The number of aromatic nitrogens is 2. The summed E-state index contributed by atoms with van der Waals surface area (Å²) in [5, 5.41) is 0.651. The van der Waals surface area contributed by atoms with Crippen molar-refractivity contribution < 1.29 is 13.2 Å². The molecule has 3 heterocycles. The van der Waals surface area contributed by atoms with E-state index < -0.39 is 10.0 Å². The van der Waals surface area contributed by atoms with Crippen LogP contribution in [-0.4, -0.2) is 59.6 Å². The zero-order valence-electron chi connectivity index (χ0n) is 17.6. The van der Waals surface area contributed by atoms with Gasteiger partial charge in [0, 0.05) is 36.6 Å². The summed E-state index contributed by atoms with van der Waals surface area (Å²) in [6.45, 7) is 7.59. The van der Waals surface area contributed by atoms with Crippen LogP contribution in [0.4, 0.5) is 0 Å². The molecule has 8 nitrogen and oxygen atoms in total. The SMILES string of the molecule is CC(=O)c1ccc(S(=O)(=O)N2CCN(Cc3nc4sc(C)c(C)c4c(=O)[nH]3)CC2)cc1. The summed E-state index contributed by atoms with van der Waals surface area (Å²) >= 11 is 1.51. The zero-order valence-corrected chi connectivity index (χ0v) is 19.3. The number of Topliss-reactive ketones (excluding diaryl/α,β-unsaturated/α-hetero) is 1. The van der Waals surface area contributed by atoms with Crippen LogP contribution in [0.2, 0.25) is 0 Å². The van der Waals surface area contributed by atoms with Gasteiger partial charge in [-0.3, -0.25) is 14.5 Å². The van der Waals surface area contributed by atoms with Gasteiger partial charge in [-0.1, -0.05) is 12.1 Å². The standard InChI is InChI=1S/C21H24N4O4S2/c1-13-15(3)30-21-19(13)20(27)22-18(23-21)12-24-8-10-25(11-9-24)31(28,29)17-6-4-16(5-7-17)14(2)26/h4-7H,8-12H2,1-3H3,(H,22,23,27). The van der Waals surface area contributed by atoms with Crippen LogP contribution in [0.1, 0.15) is 33.5 Å². The molecule has 1 aromatic carbocycles. The van der Waals surface area contributed by atoms with Gasteiger partial charge in [-0.05, 0) is 38.5 Å². The van der Waals surface area contributed by atoms with Crippen LogP contribution in [0.5, 0.6) is 0 Å². The van der Waals surface area contributed by atoms with Crippen molar-refractivity contribution in [3.63, 3.8) is 0 Å². The highest BCUT2D eigenvalue weighted by Gasteiger charge is 2.29. The van der Waals surface area contributed by atoms with Crippen molar-refractivity contribution in [3.05, 3.63) is 56.4 Å². The second-order valence-electron chi connectivity index (χ2n) is 7.74. The van der Waals surface area contributed by atoms with E-state index >= 15 is 0 Å². The zero-order chi connectivity index (χ0) is 22.3. The van der Waals surface area contributed by atoms with Gasteiger partial charge in [0.15, 0.2) is 5.78 Å². The van der Waals surface area contributed by atoms with Gasteiger partial charge < -0.3 is 4.98 Å². The monoisotopic (exact) mass is 460 g/mol. The molecule has 0 amide bonds. The number of hydrogen-bond donors (Lipinski definition) is 1. The van der Waals surface area contributed by atoms with Crippen molar-refractivity contribution in [2.24, 2.45) is 0 Å². The molecule has 0 atom stereocenters. The lowest BCUT2D eigenvalue weighted by molar-refractivity contribution is 0.101. The number of nitrogens with one attached hydrogen (secondary N) is 1. The van der Waals surface area contributed by atoms with Crippen LogP contribution in [0, 0.1) is 13.8 Å². The van der Waals surface area contributed by atoms with E-state index in [9.17, 15) is 18.0 Å². The first-order valence-electron chi connectivity index (χ1n) is 9.99. The normalized spacial score (nSPS) is 16.1. The Balaban J connectivity index is 1.44. The fourth-order valence-electron chi connectivity index (χ4n) is 3.72. The number of fused-ring (bicyclic) bond motifs is 1. The van der Waals surface area contributed by atoms with E-state index in [0.717, 1.165) is 15.3 Å². The van der Waals surface area contributed by atoms with Crippen molar-refractivity contribution >= 4 is 37.4 Å². The lowest BCUT2D eigenvalue weighted by atomic mass is 10.2. The van der Waals surface area contributed by atoms with E-state index in [4.69, 9.17) is 0 Å². The number of aryl methyl sites for hydroxylation is 2. The molecule has 0 saturated carbocycles. The highest BCUT2D eigenvalue weighted by atomic mass is 32.2. The lowest BCUT2D eigenvalue weighted by Gasteiger charge is -2.33. The fraction of sp³-hybridized carbons (Fsp3) is 0.381. The van der Waals surface area contributed by atoms with Crippen LogP contribution in [0.3, 0.4) is 0 Å². The molecule has 164 valence electrons. The topological polar surface area (TPSA) is 103 Å². The van der Waals surface area contributed by atoms with E-state index in [1.54, 1.807) is 0 Å². The second-order valence-corrected chi connectivity index (χ2v) is 10.9. The molecule has 31 heavy (non-hydrogen) atoms. The van der Waals surface area contributed by atoms with E-state index in [-0.39, 0.29) is 16.2 Å². The summed E-state index contributed by atoms with van der Waals surface area (Å²) in [6.07, 6.45) is 0. The third-order valence-electron chi connectivity index (χ3n) is 5.69. The number of hydrogen-bond acceptors (Lipinski definition) is 7. The summed E-state index contributed by atoms with van der Waals surface area (Å²) in [7, 11) is -3.61. The smallest absolute Gasteiger partial charge is 0.259 e. The number of piperazine rings is 1. The van der Waals surface area contributed by atoms with E-state index in [1.807, 2.05) is 13.8 Å². The van der Waals surface area contributed by atoms with Gasteiger partial charge >= 0.3 is 0 Å². The lowest BCUT2D eigenvalue weighted by Crippen LogP contribution is -2.48. The molecule has 10 heteroatoms. The Labute approximate surface area is 184 Å². The van der Waals surface area contributed by atoms with Gasteiger partial charge in [0.1, 0.15) is 10.7 Å². The molecule has 1 saturated heterocycles. The molecule has 1 aliphatic rings. The Kier molecular flexibility index (Phi) is 5.82. The maximum atomic E-state index is 12.9. The number of nitrogens with zero attached hydrogens (tertiary/aromatic N) is 3. The number of carbonyl (C=O) groups is 1. The minimum absolute atomic E-state index is 0.102. The van der Waals surface area contributed by atoms with Crippen LogP contribution >= 0.6 is 11.3 Å². The Morgan fingerprint density at radius 2 is 1.77 bits per heavy atom. The second kappa shape index (κ2) is 8.27. The molecule has 0 bridgehead atoms. The van der Waals surface area contributed by atoms with Crippen molar-refractivity contribution in [1.29, 1.82) is 0 Å². The number of H-pyrrole nitrogens is 1. The van der Waals surface area contributed by atoms with Gasteiger partial charge in [0.05, 0.1) is 16.8 Å². The number of thiophene rings is 1. The summed E-state index contributed by atoms with van der Waals surface area (Å²) in [5.41, 5.74) is 1.32. The number of benzene rings is 1. The van der Waals surface area contributed by atoms with Crippen molar-refractivity contribution in [2.75, 3.05) is 26.2 Å². The molecule has 3 aromatic rings. The molecule has 0 aliphatic carbocycles. The molecule has 4 rings (SSSR count). The van der Waals surface area contributed by atoms with E-state index in [0.29, 0.717) is 49.5 Å². The minimum Gasteiger partial charge on any atom is -0.309 e. The van der Waals surface area contributed by atoms with Crippen LogP contribution in [0.25, 0.3) is 10.2 Å². The third kappa shape index (κ3) is 4.20. The number of carbonyl (C=O) groups excluding carboxylic acids is 1. The Morgan fingerprint density at radius 3 is 2.39 bits per heavy atom. The Morgan fingerprint density at radius 1 is 1.13 bits per heavy atom. The molecule has 1 fully saturated rings. The highest BCUT2D eigenvalue weighted by molar-refractivity contribution is 7.89. The molecule has 1 N–H and O–H groups in total. The summed E-state index contributed by atoms with van der Waals surface area (Å²) < 4.78 is 27.3. The molecule has 0 spiro atoms. The quantitative estimate of drug-likeness (QED) is 0.586. The van der Waals surface area contributed by atoms with Gasteiger partial charge in [0.2, 0.25) is 10.0 Å². The van der Waals surface area contributed by atoms with Crippen molar-refractivity contribution in [3.8, 4) is 0 Å². The fourth-order valence-corrected chi connectivity index (χ4v) is 6.20. The first kappa shape index (κ1) is 21.8. The molecule has 1 aliphatic heterocycles. The number of rotatable bonds is 5. The van der Waals surface area contributed by atoms with Crippen LogP contribution < -0.4 is 5.56 Å². The van der Waals surface area contributed by atoms with E-state index in [1.165, 1.54) is 46.8 Å². The maximum Gasteiger partial charge on any atom is 0.259 e. The Bertz CT molecular complexity index is 1300. The Hall–Kier alpha value is -2.40. The first-order valence-corrected chi connectivity index (χ1v) is 12.2. The molecule has 2 aromatic heterocycles.